The van der Waals surface area contributed by atoms with Gasteiger partial charge in [0.05, 0.1) is 19.9 Å². The largest absolute Gasteiger partial charge is 0.497 e. The van der Waals surface area contributed by atoms with Crippen molar-refractivity contribution >= 4 is 17.5 Å². The normalized spacial score (nSPS) is 11.4. The maximum atomic E-state index is 11.4. The van der Waals surface area contributed by atoms with Gasteiger partial charge in [-0.05, 0) is 48.5 Å². The van der Waals surface area contributed by atoms with Crippen molar-refractivity contribution in [3.05, 3.63) is 76.7 Å². The Balaban J connectivity index is 1.88. The second-order valence-corrected chi connectivity index (χ2v) is 5.46. The standard InChI is InChI=1S/C19H18N6O3/c1-27-15-7-3-13(4-8-15)18(24-25-19-20-12-11-17(26)21-19)23-22-14-5-9-16(28-2)10-6-14/h3-12,22H,1-2H3,(H,20,21,26)/b23-18+,25-24?. The first-order chi connectivity index (χ1) is 13.7. The van der Waals surface area contributed by atoms with Crippen molar-refractivity contribution in [2.75, 3.05) is 19.6 Å². The third-order valence-corrected chi connectivity index (χ3v) is 3.63. The van der Waals surface area contributed by atoms with E-state index in [9.17, 15) is 4.79 Å². The smallest absolute Gasteiger partial charge is 0.252 e. The van der Waals surface area contributed by atoms with Crippen LogP contribution in [-0.4, -0.2) is 30.0 Å². The molecule has 0 aliphatic carbocycles. The summed E-state index contributed by atoms with van der Waals surface area (Å²) in [7, 11) is 3.19. The Morgan fingerprint density at radius 2 is 1.61 bits per heavy atom. The van der Waals surface area contributed by atoms with Gasteiger partial charge in [0.15, 0.2) is 0 Å². The first kappa shape index (κ1) is 18.8. The molecular formula is C19H18N6O3. The van der Waals surface area contributed by atoms with E-state index >= 15 is 0 Å². The zero-order valence-electron chi connectivity index (χ0n) is 15.3. The van der Waals surface area contributed by atoms with Crippen molar-refractivity contribution in [3.63, 3.8) is 0 Å². The molecule has 0 aliphatic heterocycles. The number of H-pyrrole nitrogens is 1. The number of anilines is 1. The molecule has 0 spiro atoms. The Morgan fingerprint density at radius 1 is 0.964 bits per heavy atom. The number of aromatic amines is 1. The zero-order valence-corrected chi connectivity index (χ0v) is 15.3. The van der Waals surface area contributed by atoms with E-state index in [-0.39, 0.29) is 11.5 Å². The molecule has 0 bridgehead atoms. The molecule has 0 radical (unpaired) electrons. The van der Waals surface area contributed by atoms with Crippen LogP contribution in [0.5, 0.6) is 11.5 Å². The van der Waals surface area contributed by atoms with Gasteiger partial charge in [-0.25, -0.2) is 4.98 Å². The quantitative estimate of drug-likeness (QED) is 0.296. The molecule has 0 fully saturated rings. The summed E-state index contributed by atoms with van der Waals surface area (Å²) in [6, 6.07) is 15.7. The van der Waals surface area contributed by atoms with Gasteiger partial charge in [0.1, 0.15) is 11.5 Å². The van der Waals surface area contributed by atoms with Gasteiger partial charge in [-0.1, -0.05) is 0 Å². The lowest BCUT2D eigenvalue weighted by atomic mass is 10.2. The monoisotopic (exact) mass is 378 g/mol. The van der Waals surface area contributed by atoms with E-state index in [1.807, 2.05) is 24.3 Å². The van der Waals surface area contributed by atoms with Crippen molar-refractivity contribution < 1.29 is 9.47 Å². The highest BCUT2D eigenvalue weighted by atomic mass is 16.5. The van der Waals surface area contributed by atoms with Crippen LogP contribution >= 0.6 is 0 Å². The van der Waals surface area contributed by atoms with Crippen LogP contribution in [0, 0.1) is 0 Å². The first-order valence-corrected chi connectivity index (χ1v) is 8.27. The average molecular weight is 378 g/mol. The van der Waals surface area contributed by atoms with Crippen LogP contribution in [0.1, 0.15) is 5.56 Å². The molecule has 0 atom stereocenters. The maximum absolute atomic E-state index is 11.4. The minimum Gasteiger partial charge on any atom is -0.497 e. The molecule has 0 saturated heterocycles. The molecule has 3 rings (SSSR count). The van der Waals surface area contributed by atoms with Gasteiger partial charge in [0.25, 0.3) is 5.56 Å². The number of azo groups is 1. The molecular weight excluding hydrogens is 360 g/mol. The number of nitrogens with zero attached hydrogens (tertiary/aromatic N) is 4. The number of aromatic nitrogens is 2. The number of rotatable bonds is 6. The number of benzene rings is 2. The van der Waals surface area contributed by atoms with E-state index in [0.29, 0.717) is 17.1 Å². The highest BCUT2D eigenvalue weighted by Gasteiger charge is 2.05. The van der Waals surface area contributed by atoms with Gasteiger partial charge in [0.2, 0.25) is 11.8 Å². The zero-order chi connectivity index (χ0) is 19.8. The Kier molecular flexibility index (Phi) is 6.09. The fourth-order valence-corrected chi connectivity index (χ4v) is 2.17. The summed E-state index contributed by atoms with van der Waals surface area (Å²) in [6.45, 7) is 0. The van der Waals surface area contributed by atoms with E-state index in [2.05, 4.69) is 30.7 Å². The van der Waals surface area contributed by atoms with E-state index in [1.54, 1.807) is 38.5 Å². The van der Waals surface area contributed by atoms with Gasteiger partial charge in [-0.3, -0.25) is 15.2 Å². The average Bonchev–Trinajstić information content (AvgIpc) is 2.74. The fraction of sp³-hybridized carbons (Fsp3) is 0.105. The van der Waals surface area contributed by atoms with E-state index in [0.717, 1.165) is 11.4 Å². The molecule has 28 heavy (non-hydrogen) atoms. The number of hydrazone groups is 1. The van der Waals surface area contributed by atoms with Gasteiger partial charge in [0, 0.05) is 17.8 Å². The third-order valence-electron chi connectivity index (χ3n) is 3.63. The SMILES string of the molecule is COc1ccc(N/N=C(/N=Nc2nccc(=O)[nH]2)c2ccc(OC)cc2)cc1. The number of hydrogen-bond acceptors (Lipinski definition) is 7. The lowest BCUT2D eigenvalue weighted by Gasteiger charge is -2.05. The summed E-state index contributed by atoms with van der Waals surface area (Å²) in [5, 5.41) is 12.4. The molecule has 142 valence electrons. The Hall–Kier alpha value is -4.01. The molecule has 0 amide bonds. The Bertz CT molecular complexity index is 1030. The van der Waals surface area contributed by atoms with Crippen LogP contribution < -0.4 is 20.5 Å². The molecule has 9 nitrogen and oxygen atoms in total. The molecule has 2 N–H and O–H groups in total. The van der Waals surface area contributed by atoms with Gasteiger partial charge in [-0.2, -0.15) is 5.10 Å². The highest BCUT2D eigenvalue weighted by molar-refractivity contribution is 5.99. The summed E-state index contributed by atoms with van der Waals surface area (Å²) >= 11 is 0. The van der Waals surface area contributed by atoms with Crippen molar-refractivity contribution in [3.8, 4) is 11.5 Å². The predicted molar refractivity (Wildman–Crippen MR) is 106 cm³/mol. The third kappa shape index (κ3) is 5.01. The molecule has 1 heterocycles. The number of amidine groups is 1. The number of nitrogens with one attached hydrogen (secondary N) is 2. The van der Waals surface area contributed by atoms with Gasteiger partial charge >= 0.3 is 0 Å². The molecule has 1 aromatic heterocycles. The topological polar surface area (TPSA) is 113 Å². The highest BCUT2D eigenvalue weighted by Crippen LogP contribution is 2.17. The van der Waals surface area contributed by atoms with Crippen molar-refractivity contribution in [2.24, 2.45) is 15.3 Å². The molecule has 0 saturated carbocycles. The number of ether oxygens (including phenoxy) is 2. The van der Waals surface area contributed by atoms with Crippen molar-refractivity contribution in [1.82, 2.24) is 9.97 Å². The maximum Gasteiger partial charge on any atom is 0.252 e. The van der Waals surface area contributed by atoms with Gasteiger partial charge in [-0.15, -0.1) is 10.2 Å². The lowest BCUT2D eigenvalue weighted by Crippen LogP contribution is -2.04. The van der Waals surface area contributed by atoms with Crippen LogP contribution in [-0.2, 0) is 0 Å². The first-order valence-electron chi connectivity index (χ1n) is 8.27. The summed E-state index contributed by atoms with van der Waals surface area (Å²) in [5.41, 5.74) is 4.05. The fourth-order valence-electron chi connectivity index (χ4n) is 2.17. The summed E-state index contributed by atoms with van der Waals surface area (Å²) in [5.74, 6) is 1.82. The summed E-state index contributed by atoms with van der Waals surface area (Å²) in [4.78, 5) is 17.8. The lowest BCUT2D eigenvalue weighted by molar-refractivity contribution is 0.414. The Labute approximate surface area is 160 Å². The number of methoxy groups -OCH3 is 2. The van der Waals surface area contributed by atoms with E-state index < -0.39 is 0 Å². The van der Waals surface area contributed by atoms with Crippen LogP contribution in [0.15, 0.2) is 80.9 Å². The summed E-state index contributed by atoms with van der Waals surface area (Å²) < 4.78 is 10.3. The second-order valence-electron chi connectivity index (χ2n) is 5.46. The van der Waals surface area contributed by atoms with Crippen molar-refractivity contribution in [2.45, 2.75) is 0 Å². The van der Waals surface area contributed by atoms with Crippen LogP contribution in [0.4, 0.5) is 11.6 Å². The molecule has 9 heteroatoms. The molecule has 3 aromatic rings. The van der Waals surface area contributed by atoms with Crippen molar-refractivity contribution in [1.29, 1.82) is 0 Å². The molecule has 2 aromatic carbocycles. The van der Waals surface area contributed by atoms with Crippen LogP contribution in [0.3, 0.4) is 0 Å². The van der Waals surface area contributed by atoms with Crippen LogP contribution in [0.25, 0.3) is 0 Å². The van der Waals surface area contributed by atoms with Gasteiger partial charge < -0.3 is 9.47 Å². The second kappa shape index (κ2) is 9.08. The predicted octanol–water partition coefficient (Wildman–Crippen LogP) is 3.34. The minimum absolute atomic E-state index is 0.0816. The minimum atomic E-state index is -0.316. The molecule has 0 unspecified atom stereocenters. The summed E-state index contributed by atoms with van der Waals surface area (Å²) in [6.07, 6.45) is 1.35. The van der Waals surface area contributed by atoms with E-state index in [1.165, 1.54) is 12.3 Å². The van der Waals surface area contributed by atoms with E-state index in [4.69, 9.17) is 9.47 Å². The molecule has 0 aliphatic rings. The number of hydrogen-bond donors (Lipinski definition) is 2. The van der Waals surface area contributed by atoms with Crippen LogP contribution in [0.2, 0.25) is 0 Å². The Morgan fingerprint density at radius 3 is 2.21 bits per heavy atom.